The van der Waals surface area contributed by atoms with Gasteiger partial charge in [0.2, 0.25) is 0 Å². The highest BCUT2D eigenvalue weighted by Gasteiger charge is 2.34. The lowest BCUT2D eigenvalue weighted by Gasteiger charge is -2.27. The van der Waals surface area contributed by atoms with E-state index in [9.17, 15) is 0 Å². The topological polar surface area (TPSA) is 3.24 Å². The molecule has 0 amide bonds. The molecule has 1 heterocycles. The molecule has 0 radical (unpaired) electrons. The summed E-state index contributed by atoms with van der Waals surface area (Å²) in [5.41, 5.74) is 6.49. The molecule has 0 N–H and O–H groups in total. The Bertz CT molecular complexity index is 768. The van der Waals surface area contributed by atoms with Gasteiger partial charge in [0.25, 0.3) is 0 Å². The molecule has 0 saturated carbocycles. The molecular weight excluding hydrogens is 278 g/mol. The van der Waals surface area contributed by atoms with E-state index in [1.165, 1.54) is 27.8 Å². The summed E-state index contributed by atoms with van der Waals surface area (Å²) in [5, 5.41) is 0. The molecule has 1 aliphatic carbocycles. The molecule has 2 aromatic rings. The van der Waals surface area contributed by atoms with Crippen molar-refractivity contribution in [2.45, 2.75) is 12.3 Å². The zero-order valence-corrected chi connectivity index (χ0v) is 12.6. The molecule has 0 aromatic heterocycles. The second kappa shape index (κ2) is 5.67. The van der Waals surface area contributed by atoms with Crippen LogP contribution >= 0.6 is 12.4 Å². The molecule has 2 aliphatic rings. The van der Waals surface area contributed by atoms with Crippen molar-refractivity contribution < 1.29 is 4.11 Å². The van der Waals surface area contributed by atoms with Gasteiger partial charge in [-0.25, -0.2) is 0 Å². The van der Waals surface area contributed by atoms with Crippen LogP contribution in [0.25, 0.3) is 5.57 Å². The van der Waals surface area contributed by atoms with Crippen LogP contribution in [0.5, 0.6) is 0 Å². The van der Waals surface area contributed by atoms with Crippen molar-refractivity contribution >= 4 is 18.0 Å². The first kappa shape index (κ1) is 11.1. The first-order valence-corrected chi connectivity index (χ1v) is 7.17. The van der Waals surface area contributed by atoms with Crippen LogP contribution in [0.3, 0.4) is 0 Å². The van der Waals surface area contributed by atoms with Gasteiger partial charge in [0.1, 0.15) is 0 Å². The average molecular weight is 301 g/mol. The highest BCUT2D eigenvalue weighted by atomic mass is 35.5. The fraction of sp³-hybridized carbons (Fsp3) is 0.263. The number of rotatable bonds is 1. The number of nitrogens with zero attached hydrogens (tertiary/aromatic N) is 1. The molecule has 1 aliphatic heterocycles. The number of benzene rings is 2. The quantitative estimate of drug-likeness (QED) is 0.757. The monoisotopic (exact) mass is 300 g/mol. The second-order valence-electron chi connectivity index (χ2n) is 5.61. The SMILES string of the molecule is Cl.[2H]C([2H])([2H])N1CCC2=C(C1)C(c1ccccc1)c1ccccc12. The van der Waals surface area contributed by atoms with Crippen molar-refractivity contribution in [3.8, 4) is 0 Å². The molecule has 0 bridgehead atoms. The Morgan fingerprint density at radius 3 is 2.62 bits per heavy atom. The van der Waals surface area contributed by atoms with E-state index in [0.29, 0.717) is 13.1 Å². The third-order valence-electron chi connectivity index (χ3n) is 4.46. The third kappa shape index (κ3) is 2.31. The Morgan fingerprint density at radius 1 is 1.05 bits per heavy atom. The number of hydrogen-bond donors (Lipinski definition) is 0. The number of fused-ring (bicyclic) bond motifs is 2. The van der Waals surface area contributed by atoms with Crippen LogP contribution in [0.1, 0.15) is 33.1 Å². The summed E-state index contributed by atoms with van der Waals surface area (Å²) >= 11 is 0. The van der Waals surface area contributed by atoms with Crippen molar-refractivity contribution in [1.29, 1.82) is 0 Å². The fourth-order valence-electron chi connectivity index (χ4n) is 3.60. The lowest BCUT2D eigenvalue weighted by Crippen LogP contribution is -2.27. The Kier molecular flexibility index (Phi) is 2.98. The first-order valence-electron chi connectivity index (χ1n) is 8.67. The highest BCUT2D eigenvalue weighted by molar-refractivity contribution is 5.85. The van der Waals surface area contributed by atoms with Gasteiger partial charge in [0.15, 0.2) is 0 Å². The molecule has 1 nitrogen and oxygen atoms in total. The van der Waals surface area contributed by atoms with Crippen LogP contribution < -0.4 is 0 Å². The van der Waals surface area contributed by atoms with Gasteiger partial charge in [0.05, 0.1) is 0 Å². The second-order valence-corrected chi connectivity index (χ2v) is 5.61. The van der Waals surface area contributed by atoms with Crippen LogP contribution in [-0.4, -0.2) is 25.0 Å². The number of likely N-dealkylation sites (N-methyl/N-ethyl adjacent to an activating group) is 1. The standard InChI is InChI=1S/C19H19N.ClH/c1-20-12-11-16-15-9-5-6-10-17(15)19(18(16)13-20)14-7-3-2-4-8-14;/h2-10,19H,11-13H2,1H3;1H/i1D3;. The van der Waals surface area contributed by atoms with E-state index < -0.39 is 6.98 Å². The molecule has 2 aromatic carbocycles. The van der Waals surface area contributed by atoms with Gasteiger partial charge in [0, 0.05) is 23.1 Å². The summed E-state index contributed by atoms with van der Waals surface area (Å²) in [6, 6.07) is 18.9. The highest BCUT2D eigenvalue weighted by Crippen LogP contribution is 2.48. The summed E-state index contributed by atoms with van der Waals surface area (Å²) in [5.74, 6) is 0.188. The van der Waals surface area contributed by atoms with Crippen molar-refractivity contribution in [1.82, 2.24) is 4.90 Å². The molecule has 0 saturated heterocycles. The molecular formula is C19H20ClN. The fourth-order valence-corrected chi connectivity index (χ4v) is 3.60. The zero-order valence-electron chi connectivity index (χ0n) is 14.8. The Balaban J connectivity index is 0.00000169. The van der Waals surface area contributed by atoms with Crippen LogP contribution in [0, 0.1) is 0 Å². The molecule has 0 fully saturated rings. The summed E-state index contributed by atoms with van der Waals surface area (Å²) in [6.45, 7) is -0.889. The van der Waals surface area contributed by atoms with E-state index in [4.69, 9.17) is 4.11 Å². The Morgan fingerprint density at radius 2 is 1.81 bits per heavy atom. The van der Waals surface area contributed by atoms with Gasteiger partial charge < -0.3 is 4.90 Å². The predicted octanol–water partition coefficient (Wildman–Crippen LogP) is 4.34. The number of halogens is 1. The summed E-state index contributed by atoms with van der Waals surface area (Å²) in [6.07, 6.45) is 0.814. The molecule has 4 rings (SSSR count). The maximum absolute atomic E-state index is 7.75. The van der Waals surface area contributed by atoms with Crippen LogP contribution in [0.2, 0.25) is 0 Å². The third-order valence-corrected chi connectivity index (χ3v) is 4.46. The minimum atomic E-state index is -2.02. The van der Waals surface area contributed by atoms with Crippen LogP contribution in [0.4, 0.5) is 0 Å². The van der Waals surface area contributed by atoms with Gasteiger partial charge in [-0.2, -0.15) is 0 Å². The van der Waals surface area contributed by atoms with Gasteiger partial charge >= 0.3 is 0 Å². The molecule has 1 atom stereocenters. The molecule has 0 spiro atoms. The first-order chi connectivity index (χ1) is 11.1. The van der Waals surface area contributed by atoms with E-state index in [0.717, 1.165) is 6.42 Å². The minimum Gasteiger partial charge on any atom is -0.302 e. The summed E-state index contributed by atoms with van der Waals surface area (Å²) < 4.78 is 23.2. The van der Waals surface area contributed by atoms with E-state index in [1.54, 1.807) is 4.90 Å². The number of hydrogen-bond acceptors (Lipinski definition) is 1. The Labute approximate surface area is 136 Å². The van der Waals surface area contributed by atoms with Crippen molar-refractivity contribution in [3.63, 3.8) is 0 Å². The summed E-state index contributed by atoms with van der Waals surface area (Å²) in [4.78, 5) is 1.63. The lowest BCUT2D eigenvalue weighted by molar-refractivity contribution is 0.356. The molecule has 1 unspecified atom stereocenters. The largest absolute Gasteiger partial charge is 0.302 e. The molecule has 2 heteroatoms. The van der Waals surface area contributed by atoms with Crippen LogP contribution in [-0.2, 0) is 0 Å². The normalized spacial score (nSPS) is 23.4. The minimum absolute atomic E-state index is 0. The van der Waals surface area contributed by atoms with E-state index in [1.807, 2.05) is 6.07 Å². The summed E-state index contributed by atoms with van der Waals surface area (Å²) in [7, 11) is 0. The molecule has 108 valence electrons. The van der Waals surface area contributed by atoms with Crippen LogP contribution in [0.15, 0.2) is 60.2 Å². The van der Waals surface area contributed by atoms with E-state index in [-0.39, 0.29) is 18.3 Å². The van der Waals surface area contributed by atoms with E-state index in [2.05, 4.69) is 48.5 Å². The van der Waals surface area contributed by atoms with Crippen molar-refractivity contribution in [2.24, 2.45) is 0 Å². The predicted molar refractivity (Wildman–Crippen MR) is 91.0 cm³/mol. The maximum atomic E-state index is 7.75. The van der Waals surface area contributed by atoms with E-state index >= 15 is 0 Å². The van der Waals surface area contributed by atoms with Crippen molar-refractivity contribution in [3.05, 3.63) is 76.9 Å². The smallest absolute Gasteiger partial charge is 0.0394 e. The lowest BCUT2D eigenvalue weighted by atomic mass is 9.87. The maximum Gasteiger partial charge on any atom is 0.0394 e. The average Bonchev–Trinajstić information content (AvgIpc) is 2.88. The van der Waals surface area contributed by atoms with Gasteiger partial charge in [-0.05, 0) is 41.2 Å². The van der Waals surface area contributed by atoms with Crippen molar-refractivity contribution in [2.75, 3.05) is 20.1 Å². The van der Waals surface area contributed by atoms with Gasteiger partial charge in [-0.1, -0.05) is 54.6 Å². The molecule has 21 heavy (non-hydrogen) atoms. The zero-order chi connectivity index (χ0) is 16.0. The Hall–Kier alpha value is -1.57. The van der Waals surface area contributed by atoms with Gasteiger partial charge in [-0.15, -0.1) is 12.4 Å². The van der Waals surface area contributed by atoms with Gasteiger partial charge in [-0.3, -0.25) is 0 Å².